The third-order valence-corrected chi connectivity index (χ3v) is 16.9. The van der Waals surface area contributed by atoms with E-state index in [-0.39, 0.29) is 0 Å². The number of hydrogen-bond acceptors (Lipinski definition) is 2. The van der Waals surface area contributed by atoms with E-state index in [4.69, 9.17) is 8.85 Å². The second-order valence-electron chi connectivity index (χ2n) is 8.65. The molecule has 0 radical (unpaired) electrons. The Balaban J connectivity index is 3.47. The highest BCUT2D eigenvalue weighted by Crippen LogP contribution is 2.35. The molecule has 0 N–H and O–H groups in total. The Morgan fingerprint density at radius 3 is 0.962 bits per heavy atom. The third-order valence-electron chi connectivity index (χ3n) is 5.98. The van der Waals surface area contributed by atoms with Gasteiger partial charge in [-0.05, 0) is 46.4 Å². The highest BCUT2D eigenvalue weighted by molar-refractivity contribution is 6.90. The van der Waals surface area contributed by atoms with Gasteiger partial charge < -0.3 is 8.85 Å². The van der Waals surface area contributed by atoms with Gasteiger partial charge in [0.25, 0.3) is 0 Å². The van der Waals surface area contributed by atoms with Crippen LogP contribution in [0.1, 0.15) is 69.2 Å². The average molecular weight is 395 g/mol. The summed E-state index contributed by atoms with van der Waals surface area (Å²) in [5, 5.41) is 2.86. The molecule has 0 aliphatic carbocycles. The molecule has 2 nitrogen and oxygen atoms in total. The molecular formula is C22H42O2Si2. The minimum absolute atomic E-state index is 0.553. The maximum Gasteiger partial charge on any atom is 0.229 e. The van der Waals surface area contributed by atoms with Crippen molar-refractivity contribution in [2.75, 3.05) is 13.2 Å². The zero-order chi connectivity index (χ0) is 20.1. The molecular weight excluding hydrogens is 352 g/mol. The van der Waals surface area contributed by atoms with Crippen LogP contribution in [0.15, 0.2) is 24.3 Å². The fourth-order valence-electron chi connectivity index (χ4n) is 4.97. The van der Waals surface area contributed by atoms with Gasteiger partial charge in [0.15, 0.2) is 0 Å². The molecule has 0 fully saturated rings. The summed E-state index contributed by atoms with van der Waals surface area (Å²) in [6.07, 6.45) is 0. The minimum Gasteiger partial charge on any atom is -0.412 e. The number of rotatable bonds is 10. The molecule has 1 rings (SSSR count). The highest BCUT2D eigenvalue weighted by Gasteiger charge is 2.46. The van der Waals surface area contributed by atoms with E-state index >= 15 is 0 Å². The number of benzene rings is 1. The van der Waals surface area contributed by atoms with Crippen molar-refractivity contribution >= 4 is 27.0 Å². The maximum absolute atomic E-state index is 6.53. The molecule has 1 aromatic carbocycles. The zero-order valence-corrected chi connectivity index (χ0v) is 20.8. The van der Waals surface area contributed by atoms with E-state index in [9.17, 15) is 0 Å². The minimum atomic E-state index is -2.01. The molecule has 4 heteroatoms. The molecule has 0 unspecified atom stereocenters. The second kappa shape index (κ2) is 9.67. The fraction of sp³-hybridized carbons (Fsp3) is 0.727. The van der Waals surface area contributed by atoms with Crippen molar-refractivity contribution in [3.05, 3.63) is 24.3 Å². The SMILES string of the molecule is CCO[Si](c1ccc([Si](OCC)(C(C)C)C(C)C)cc1)(C(C)C)C(C)C. The first-order chi connectivity index (χ1) is 12.1. The van der Waals surface area contributed by atoms with Crippen LogP contribution in [0.25, 0.3) is 0 Å². The van der Waals surface area contributed by atoms with E-state index in [1.807, 2.05) is 0 Å². The molecule has 0 aliphatic rings. The Morgan fingerprint density at radius 2 is 0.808 bits per heavy atom. The zero-order valence-electron chi connectivity index (χ0n) is 18.8. The summed E-state index contributed by atoms with van der Waals surface area (Å²) < 4.78 is 13.1. The lowest BCUT2D eigenvalue weighted by molar-refractivity contribution is 0.315. The van der Waals surface area contributed by atoms with Crippen molar-refractivity contribution in [3.63, 3.8) is 0 Å². The third kappa shape index (κ3) is 4.19. The van der Waals surface area contributed by atoms with Crippen molar-refractivity contribution in [1.29, 1.82) is 0 Å². The van der Waals surface area contributed by atoms with Gasteiger partial charge in [0.2, 0.25) is 16.6 Å². The molecule has 0 aliphatic heterocycles. The average Bonchev–Trinajstić information content (AvgIpc) is 2.56. The topological polar surface area (TPSA) is 18.5 Å². The van der Waals surface area contributed by atoms with Crippen LogP contribution in [0.4, 0.5) is 0 Å². The molecule has 0 aromatic heterocycles. The summed E-state index contributed by atoms with van der Waals surface area (Å²) in [6, 6.07) is 9.46. The molecule has 0 atom stereocenters. The molecule has 0 saturated carbocycles. The summed E-state index contributed by atoms with van der Waals surface area (Å²) >= 11 is 0. The van der Waals surface area contributed by atoms with E-state index in [0.29, 0.717) is 22.2 Å². The first-order valence-electron chi connectivity index (χ1n) is 10.5. The molecule has 26 heavy (non-hydrogen) atoms. The normalized spacial score (nSPS) is 13.5. The Hall–Kier alpha value is -0.426. The van der Waals surface area contributed by atoms with Gasteiger partial charge in [0.1, 0.15) is 0 Å². The van der Waals surface area contributed by atoms with E-state index in [0.717, 1.165) is 13.2 Å². The first-order valence-corrected chi connectivity index (χ1v) is 14.6. The Morgan fingerprint density at radius 1 is 0.577 bits per heavy atom. The lowest BCUT2D eigenvalue weighted by Gasteiger charge is -2.41. The molecule has 0 heterocycles. The van der Waals surface area contributed by atoms with Crippen LogP contribution < -0.4 is 10.4 Å². The molecule has 0 amide bonds. The van der Waals surface area contributed by atoms with Gasteiger partial charge in [-0.2, -0.15) is 0 Å². The van der Waals surface area contributed by atoms with Gasteiger partial charge in [-0.25, -0.2) is 0 Å². The Kier molecular flexibility index (Phi) is 8.78. The largest absolute Gasteiger partial charge is 0.412 e. The summed E-state index contributed by atoms with van der Waals surface area (Å²) in [5.41, 5.74) is 2.21. The Labute approximate surface area is 165 Å². The van der Waals surface area contributed by atoms with Gasteiger partial charge >= 0.3 is 0 Å². The van der Waals surface area contributed by atoms with Gasteiger partial charge in [-0.1, -0.05) is 79.7 Å². The summed E-state index contributed by atoms with van der Waals surface area (Å²) in [5.74, 6) is 0. The van der Waals surface area contributed by atoms with Gasteiger partial charge in [-0.15, -0.1) is 0 Å². The van der Waals surface area contributed by atoms with Gasteiger partial charge in [-0.3, -0.25) is 0 Å². The van der Waals surface area contributed by atoms with Gasteiger partial charge in [0.05, 0.1) is 0 Å². The summed E-state index contributed by atoms with van der Waals surface area (Å²) in [4.78, 5) is 0. The van der Waals surface area contributed by atoms with Crippen LogP contribution in [0, 0.1) is 0 Å². The lowest BCUT2D eigenvalue weighted by atomic mass is 10.4. The van der Waals surface area contributed by atoms with Crippen molar-refractivity contribution in [2.24, 2.45) is 0 Å². The number of hydrogen-bond donors (Lipinski definition) is 0. The van der Waals surface area contributed by atoms with Gasteiger partial charge in [0, 0.05) is 13.2 Å². The molecule has 0 bridgehead atoms. The van der Waals surface area contributed by atoms with Crippen LogP contribution in [0.3, 0.4) is 0 Å². The van der Waals surface area contributed by atoms with Crippen LogP contribution in [0.2, 0.25) is 22.2 Å². The van der Waals surface area contributed by atoms with Crippen molar-refractivity contribution in [2.45, 2.75) is 91.4 Å². The molecule has 150 valence electrons. The lowest BCUT2D eigenvalue weighted by Crippen LogP contribution is -2.58. The van der Waals surface area contributed by atoms with E-state index in [2.05, 4.69) is 93.5 Å². The summed E-state index contributed by atoms with van der Waals surface area (Å²) in [7, 11) is -4.01. The molecule has 0 saturated heterocycles. The van der Waals surface area contributed by atoms with E-state index < -0.39 is 16.6 Å². The highest BCUT2D eigenvalue weighted by atomic mass is 28.4. The van der Waals surface area contributed by atoms with Crippen molar-refractivity contribution < 1.29 is 8.85 Å². The Bertz CT molecular complexity index is 471. The summed E-state index contributed by atoms with van der Waals surface area (Å²) in [6.45, 7) is 24.5. The quantitative estimate of drug-likeness (QED) is 0.474. The van der Waals surface area contributed by atoms with Crippen LogP contribution in [-0.2, 0) is 8.85 Å². The van der Waals surface area contributed by atoms with Crippen LogP contribution in [0.5, 0.6) is 0 Å². The standard InChI is InChI=1S/C22H42O2Si2/c1-11-23-25(17(3)4,18(5)6)21-13-15-22(16-14-21)26(19(7)8,20(9)10)24-12-2/h13-20H,11-12H2,1-10H3. The van der Waals surface area contributed by atoms with Crippen molar-refractivity contribution in [1.82, 2.24) is 0 Å². The smallest absolute Gasteiger partial charge is 0.229 e. The second-order valence-corrected chi connectivity index (χ2v) is 18.2. The van der Waals surface area contributed by atoms with Crippen LogP contribution >= 0.6 is 0 Å². The van der Waals surface area contributed by atoms with E-state index in [1.54, 1.807) is 0 Å². The molecule has 0 spiro atoms. The predicted molar refractivity (Wildman–Crippen MR) is 121 cm³/mol. The molecule has 1 aromatic rings. The van der Waals surface area contributed by atoms with Crippen LogP contribution in [-0.4, -0.2) is 29.8 Å². The van der Waals surface area contributed by atoms with Crippen molar-refractivity contribution in [3.8, 4) is 0 Å². The fourth-order valence-corrected chi connectivity index (χ4v) is 14.3. The predicted octanol–water partition coefficient (Wildman–Crippen LogP) is 5.70. The van der Waals surface area contributed by atoms with E-state index in [1.165, 1.54) is 10.4 Å². The first kappa shape index (κ1) is 23.6. The monoisotopic (exact) mass is 394 g/mol. The maximum atomic E-state index is 6.53.